The normalized spacial score (nSPS) is 10.6. The van der Waals surface area contributed by atoms with Gasteiger partial charge in [-0.15, -0.1) is 0 Å². The van der Waals surface area contributed by atoms with Gasteiger partial charge in [0.1, 0.15) is 17.2 Å². The summed E-state index contributed by atoms with van der Waals surface area (Å²) in [4.78, 5) is 15.2. The lowest BCUT2D eigenvalue weighted by Crippen LogP contribution is -1.96. The summed E-state index contributed by atoms with van der Waals surface area (Å²) in [7, 11) is 0. The van der Waals surface area contributed by atoms with Crippen LogP contribution in [0.25, 0.3) is 5.65 Å². The first-order valence-corrected chi connectivity index (χ1v) is 4.39. The molecule has 72 valence electrons. The molecule has 0 aliphatic carbocycles. The van der Waals surface area contributed by atoms with E-state index in [0.29, 0.717) is 12.2 Å². The molecule has 0 aliphatic rings. The quantitative estimate of drug-likeness (QED) is 0.768. The van der Waals surface area contributed by atoms with E-state index >= 15 is 0 Å². The lowest BCUT2D eigenvalue weighted by atomic mass is 10.2. The second-order valence-electron chi connectivity index (χ2n) is 3.29. The van der Waals surface area contributed by atoms with Crippen molar-refractivity contribution in [3.63, 3.8) is 0 Å². The highest BCUT2D eigenvalue weighted by molar-refractivity contribution is 5.77. The van der Waals surface area contributed by atoms with Gasteiger partial charge in [0, 0.05) is 12.6 Å². The van der Waals surface area contributed by atoms with Crippen LogP contribution in [0, 0.1) is 0 Å². The van der Waals surface area contributed by atoms with E-state index in [1.165, 1.54) is 0 Å². The van der Waals surface area contributed by atoms with E-state index in [1.807, 2.05) is 12.1 Å². The SMILES string of the molecule is CC(=O)Cc1cn2c(N)cccc2n1. The zero-order valence-electron chi connectivity index (χ0n) is 7.90. The monoisotopic (exact) mass is 189 g/mol. The Morgan fingerprint density at radius 2 is 2.36 bits per heavy atom. The molecular weight excluding hydrogens is 178 g/mol. The van der Waals surface area contributed by atoms with Crippen molar-refractivity contribution in [2.75, 3.05) is 5.73 Å². The average Bonchev–Trinajstić information content (AvgIpc) is 2.47. The Hall–Kier alpha value is -1.84. The molecule has 0 amide bonds. The highest BCUT2D eigenvalue weighted by atomic mass is 16.1. The molecule has 0 aliphatic heterocycles. The molecule has 2 N–H and O–H groups in total. The maximum absolute atomic E-state index is 10.9. The van der Waals surface area contributed by atoms with Gasteiger partial charge in [-0.3, -0.25) is 9.20 Å². The smallest absolute Gasteiger partial charge is 0.138 e. The van der Waals surface area contributed by atoms with Gasteiger partial charge in [0.05, 0.1) is 5.69 Å². The van der Waals surface area contributed by atoms with Gasteiger partial charge < -0.3 is 5.73 Å². The summed E-state index contributed by atoms with van der Waals surface area (Å²) in [6.45, 7) is 1.55. The van der Waals surface area contributed by atoms with E-state index < -0.39 is 0 Å². The van der Waals surface area contributed by atoms with E-state index in [9.17, 15) is 4.79 Å². The largest absolute Gasteiger partial charge is 0.385 e. The molecule has 2 rings (SSSR count). The van der Waals surface area contributed by atoms with Crippen LogP contribution in [0.4, 0.5) is 5.82 Å². The van der Waals surface area contributed by atoms with Crippen molar-refractivity contribution in [2.24, 2.45) is 0 Å². The van der Waals surface area contributed by atoms with Crippen LogP contribution in [0.3, 0.4) is 0 Å². The minimum absolute atomic E-state index is 0.104. The molecule has 0 unspecified atom stereocenters. The van der Waals surface area contributed by atoms with E-state index in [-0.39, 0.29) is 5.78 Å². The van der Waals surface area contributed by atoms with E-state index in [2.05, 4.69) is 4.98 Å². The number of fused-ring (bicyclic) bond motifs is 1. The highest BCUT2D eigenvalue weighted by Crippen LogP contribution is 2.10. The number of imidazole rings is 1. The number of anilines is 1. The topological polar surface area (TPSA) is 60.4 Å². The number of rotatable bonds is 2. The number of nitrogen functional groups attached to an aromatic ring is 1. The Labute approximate surface area is 81.4 Å². The summed E-state index contributed by atoms with van der Waals surface area (Å²) in [6.07, 6.45) is 2.16. The maximum Gasteiger partial charge on any atom is 0.138 e. The van der Waals surface area contributed by atoms with E-state index in [0.717, 1.165) is 11.3 Å². The predicted octanol–water partition coefficient (Wildman–Crippen LogP) is 1.05. The summed E-state index contributed by atoms with van der Waals surface area (Å²) in [6, 6.07) is 5.50. The van der Waals surface area contributed by atoms with Gasteiger partial charge in [-0.2, -0.15) is 0 Å². The summed E-state index contributed by atoms with van der Waals surface area (Å²) < 4.78 is 1.78. The first kappa shape index (κ1) is 8.74. The Morgan fingerprint density at radius 1 is 1.57 bits per heavy atom. The fraction of sp³-hybridized carbons (Fsp3) is 0.200. The van der Waals surface area contributed by atoms with Crippen molar-refractivity contribution >= 4 is 17.2 Å². The molecule has 4 heteroatoms. The summed E-state index contributed by atoms with van der Waals surface area (Å²) in [5, 5.41) is 0. The lowest BCUT2D eigenvalue weighted by Gasteiger charge is -1.95. The minimum atomic E-state index is 0.104. The Balaban J connectivity index is 2.51. The average molecular weight is 189 g/mol. The first-order valence-electron chi connectivity index (χ1n) is 4.39. The van der Waals surface area contributed by atoms with Gasteiger partial charge in [-0.05, 0) is 19.1 Å². The number of carbonyl (C=O) groups is 1. The number of ketones is 1. The van der Waals surface area contributed by atoms with Crippen LogP contribution in [0.5, 0.6) is 0 Å². The molecule has 0 saturated carbocycles. The predicted molar refractivity (Wildman–Crippen MR) is 54.0 cm³/mol. The van der Waals surface area contributed by atoms with Crippen LogP contribution in [-0.4, -0.2) is 15.2 Å². The second-order valence-corrected chi connectivity index (χ2v) is 3.29. The Bertz CT molecular complexity index is 487. The van der Waals surface area contributed by atoms with E-state index in [1.54, 1.807) is 23.6 Å². The minimum Gasteiger partial charge on any atom is -0.385 e. The number of aromatic nitrogens is 2. The molecular formula is C10H11N3O. The molecule has 2 aromatic heterocycles. The van der Waals surface area contributed by atoms with Crippen LogP contribution in [-0.2, 0) is 11.2 Å². The summed E-state index contributed by atoms with van der Waals surface area (Å²) in [5.74, 6) is 0.733. The van der Waals surface area contributed by atoms with Gasteiger partial charge in [0.2, 0.25) is 0 Å². The van der Waals surface area contributed by atoms with Crippen LogP contribution >= 0.6 is 0 Å². The van der Waals surface area contributed by atoms with E-state index in [4.69, 9.17) is 5.73 Å². The molecule has 2 heterocycles. The van der Waals surface area contributed by atoms with Crippen LogP contribution in [0.15, 0.2) is 24.4 Å². The lowest BCUT2D eigenvalue weighted by molar-refractivity contribution is -0.116. The zero-order valence-corrected chi connectivity index (χ0v) is 7.90. The number of Topliss-reactive ketones (excluding diaryl/α,β-unsaturated/α-hetero) is 1. The van der Waals surface area contributed by atoms with Gasteiger partial charge in [0.15, 0.2) is 0 Å². The van der Waals surface area contributed by atoms with Crippen LogP contribution in [0.2, 0.25) is 0 Å². The van der Waals surface area contributed by atoms with Crippen molar-refractivity contribution in [2.45, 2.75) is 13.3 Å². The first-order chi connectivity index (χ1) is 6.66. The van der Waals surface area contributed by atoms with Gasteiger partial charge in [-0.1, -0.05) is 6.07 Å². The van der Waals surface area contributed by atoms with Gasteiger partial charge in [0.25, 0.3) is 0 Å². The van der Waals surface area contributed by atoms with Crippen molar-refractivity contribution in [3.05, 3.63) is 30.1 Å². The number of nitrogens with two attached hydrogens (primary N) is 1. The highest BCUT2D eigenvalue weighted by Gasteiger charge is 2.04. The third-order valence-electron chi connectivity index (χ3n) is 2.00. The molecule has 4 nitrogen and oxygen atoms in total. The summed E-state index contributed by atoms with van der Waals surface area (Å²) in [5.41, 5.74) is 7.28. The van der Waals surface area contributed by atoms with Gasteiger partial charge >= 0.3 is 0 Å². The number of hydrogen-bond donors (Lipinski definition) is 1. The number of carbonyl (C=O) groups excluding carboxylic acids is 1. The summed E-state index contributed by atoms with van der Waals surface area (Å²) >= 11 is 0. The molecule has 0 fully saturated rings. The third-order valence-corrected chi connectivity index (χ3v) is 2.00. The second kappa shape index (κ2) is 3.14. The third kappa shape index (κ3) is 1.46. The number of nitrogens with zero attached hydrogens (tertiary/aromatic N) is 2. The maximum atomic E-state index is 10.9. The Morgan fingerprint density at radius 3 is 3.00 bits per heavy atom. The number of hydrogen-bond acceptors (Lipinski definition) is 3. The number of pyridine rings is 1. The fourth-order valence-corrected chi connectivity index (χ4v) is 1.42. The van der Waals surface area contributed by atoms with Crippen molar-refractivity contribution in [1.82, 2.24) is 9.38 Å². The molecule has 0 aromatic carbocycles. The molecule has 0 atom stereocenters. The molecule has 2 aromatic rings. The standard InChI is InChI=1S/C10H11N3O/c1-7(14)5-8-6-13-9(11)3-2-4-10(13)12-8/h2-4,6H,5,11H2,1H3. The van der Waals surface area contributed by atoms with Crippen molar-refractivity contribution < 1.29 is 4.79 Å². The van der Waals surface area contributed by atoms with Crippen LogP contribution in [0.1, 0.15) is 12.6 Å². The van der Waals surface area contributed by atoms with Gasteiger partial charge in [-0.25, -0.2) is 4.98 Å². The molecule has 0 bridgehead atoms. The Kier molecular flexibility index (Phi) is 1.96. The fourth-order valence-electron chi connectivity index (χ4n) is 1.42. The zero-order chi connectivity index (χ0) is 10.1. The molecule has 0 saturated heterocycles. The van der Waals surface area contributed by atoms with Crippen molar-refractivity contribution in [3.8, 4) is 0 Å². The van der Waals surface area contributed by atoms with Crippen LogP contribution < -0.4 is 5.73 Å². The van der Waals surface area contributed by atoms with Crippen molar-refractivity contribution in [1.29, 1.82) is 0 Å². The molecule has 0 spiro atoms. The molecule has 0 radical (unpaired) electrons. The molecule has 14 heavy (non-hydrogen) atoms.